The Hall–Kier alpha value is -5.09. The number of hydrogen-bond donors (Lipinski definition) is 3. The van der Waals surface area contributed by atoms with E-state index < -0.39 is 6.03 Å². The summed E-state index contributed by atoms with van der Waals surface area (Å²) in [6.45, 7) is 2.01. The van der Waals surface area contributed by atoms with Crippen molar-refractivity contribution in [3.05, 3.63) is 125 Å². The van der Waals surface area contributed by atoms with Crippen molar-refractivity contribution in [2.45, 2.75) is 19.4 Å². The largest absolute Gasteiger partial charge is 0.366 e. The quantitative estimate of drug-likeness (QED) is 0.293. The standard InChI is InChI=1S/C32H29N5O2/c33-21-24-9-6-12-27(19-24)35-32(39)36-28-13-14-30(37-18-16-25-10-4-5-11-26(25)22-37)29(20-28)31(38)34-17-15-23-7-2-1-3-8-23/h1-14,19-20H,15-18,22H2,(H,34,38)(H2,35,36,39). The molecule has 194 valence electrons. The van der Waals surface area contributed by atoms with Crippen molar-refractivity contribution in [1.29, 1.82) is 5.26 Å². The van der Waals surface area contributed by atoms with Gasteiger partial charge in [-0.25, -0.2) is 4.79 Å². The number of rotatable bonds is 7. The number of carbonyl (C=O) groups excluding carboxylic acids is 2. The van der Waals surface area contributed by atoms with Crippen LogP contribution < -0.4 is 20.9 Å². The van der Waals surface area contributed by atoms with E-state index in [0.29, 0.717) is 35.6 Å². The Bertz CT molecular complexity index is 1530. The number of benzene rings is 4. The van der Waals surface area contributed by atoms with Crippen LogP contribution in [0.25, 0.3) is 0 Å². The molecule has 7 heteroatoms. The fraction of sp³-hybridized carbons (Fsp3) is 0.156. The lowest BCUT2D eigenvalue weighted by molar-refractivity contribution is 0.0954. The summed E-state index contributed by atoms with van der Waals surface area (Å²) in [6.07, 6.45) is 1.62. The molecular weight excluding hydrogens is 486 g/mol. The van der Waals surface area contributed by atoms with Crippen molar-refractivity contribution in [2.24, 2.45) is 0 Å². The Kier molecular flexibility index (Phi) is 7.84. The van der Waals surface area contributed by atoms with Gasteiger partial charge in [-0.05, 0) is 65.9 Å². The number of anilines is 3. The Labute approximate surface area is 228 Å². The van der Waals surface area contributed by atoms with Crippen LogP contribution in [0.3, 0.4) is 0 Å². The fourth-order valence-electron chi connectivity index (χ4n) is 4.79. The minimum absolute atomic E-state index is 0.189. The topological polar surface area (TPSA) is 97.3 Å². The van der Waals surface area contributed by atoms with Crippen molar-refractivity contribution in [3.63, 3.8) is 0 Å². The summed E-state index contributed by atoms with van der Waals surface area (Å²) >= 11 is 0. The van der Waals surface area contributed by atoms with Crippen LogP contribution in [0.1, 0.15) is 32.6 Å². The van der Waals surface area contributed by atoms with Crippen molar-refractivity contribution >= 4 is 29.0 Å². The van der Waals surface area contributed by atoms with E-state index in [0.717, 1.165) is 30.6 Å². The second-order valence-corrected chi connectivity index (χ2v) is 9.44. The lowest BCUT2D eigenvalue weighted by Gasteiger charge is -2.32. The molecule has 4 aromatic rings. The molecule has 0 bridgehead atoms. The predicted octanol–water partition coefficient (Wildman–Crippen LogP) is 5.74. The summed E-state index contributed by atoms with van der Waals surface area (Å²) in [5, 5.41) is 17.7. The first-order valence-electron chi connectivity index (χ1n) is 12.9. The van der Waals surface area contributed by atoms with Gasteiger partial charge in [0.15, 0.2) is 0 Å². The second-order valence-electron chi connectivity index (χ2n) is 9.44. The van der Waals surface area contributed by atoms with Gasteiger partial charge in [0, 0.05) is 36.7 Å². The predicted molar refractivity (Wildman–Crippen MR) is 154 cm³/mol. The van der Waals surface area contributed by atoms with Crippen molar-refractivity contribution in [3.8, 4) is 6.07 Å². The molecule has 0 aliphatic carbocycles. The number of urea groups is 1. The van der Waals surface area contributed by atoms with Crippen LogP contribution in [0.5, 0.6) is 0 Å². The number of hydrogen-bond acceptors (Lipinski definition) is 4. The minimum Gasteiger partial charge on any atom is -0.366 e. The van der Waals surface area contributed by atoms with Gasteiger partial charge in [0.1, 0.15) is 0 Å². The van der Waals surface area contributed by atoms with Crippen LogP contribution in [0.2, 0.25) is 0 Å². The first kappa shape index (κ1) is 25.6. The van der Waals surface area contributed by atoms with Crippen molar-refractivity contribution in [2.75, 3.05) is 28.6 Å². The highest BCUT2D eigenvalue weighted by atomic mass is 16.2. The van der Waals surface area contributed by atoms with Crippen LogP contribution in [-0.2, 0) is 19.4 Å². The minimum atomic E-state index is -0.458. The molecule has 7 nitrogen and oxygen atoms in total. The second kappa shape index (κ2) is 12.0. The third-order valence-electron chi connectivity index (χ3n) is 6.76. The molecule has 5 rings (SSSR count). The van der Waals surface area contributed by atoms with Crippen LogP contribution in [-0.4, -0.2) is 25.0 Å². The van der Waals surface area contributed by atoms with Crippen molar-refractivity contribution in [1.82, 2.24) is 5.32 Å². The average Bonchev–Trinajstić information content (AvgIpc) is 2.97. The Morgan fingerprint density at radius 1 is 0.821 bits per heavy atom. The summed E-state index contributed by atoms with van der Waals surface area (Å²) in [7, 11) is 0. The van der Waals surface area contributed by atoms with E-state index in [1.54, 1.807) is 30.3 Å². The molecule has 0 unspecified atom stereocenters. The molecule has 39 heavy (non-hydrogen) atoms. The molecule has 0 spiro atoms. The summed E-state index contributed by atoms with van der Waals surface area (Å²) in [5.41, 5.74) is 6.53. The fourth-order valence-corrected chi connectivity index (χ4v) is 4.79. The number of nitriles is 1. The van der Waals surface area contributed by atoms with Gasteiger partial charge in [0.25, 0.3) is 5.91 Å². The summed E-state index contributed by atoms with van der Waals surface area (Å²) < 4.78 is 0. The van der Waals surface area contributed by atoms with E-state index >= 15 is 0 Å². The van der Waals surface area contributed by atoms with E-state index in [9.17, 15) is 9.59 Å². The van der Waals surface area contributed by atoms with E-state index in [1.165, 1.54) is 11.1 Å². The zero-order chi connectivity index (χ0) is 27.0. The normalized spacial score (nSPS) is 12.1. The molecule has 1 aliphatic heterocycles. The maximum absolute atomic E-state index is 13.4. The molecule has 0 saturated heterocycles. The van der Waals surface area contributed by atoms with Crippen LogP contribution >= 0.6 is 0 Å². The molecule has 4 aromatic carbocycles. The summed E-state index contributed by atoms with van der Waals surface area (Å²) in [5.74, 6) is -0.189. The van der Waals surface area contributed by atoms with Crippen molar-refractivity contribution < 1.29 is 9.59 Å². The molecule has 1 heterocycles. The number of amides is 3. The highest BCUT2D eigenvalue weighted by Gasteiger charge is 2.22. The van der Waals surface area contributed by atoms with E-state index in [-0.39, 0.29) is 5.91 Å². The van der Waals surface area contributed by atoms with Gasteiger partial charge in [0.2, 0.25) is 0 Å². The zero-order valence-corrected chi connectivity index (χ0v) is 21.5. The highest BCUT2D eigenvalue weighted by Crippen LogP contribution is 2.30. The van der Waals surface area contributed by atoms with E-state index in [1.807, 2.05) is 48.5 Å². The van der Waals surface area contributed by atoms with Gasteiger partial charge in [-0.1, -0.05) is 60.7 Å². The van der Waals surface area contributed by atoms with Gasteiger partial charge in [-0.2, -0.15) is 5.26 Å². The molecule has 0 radical (unpaired) electrons. The van der Waals surface area contributed by atoms with Gasteiger partial charge in [-0.3, -0.25) is 4.79 Å². The van der Waals surface area contributed by atoms with Crippen LogP contribution in [0.15, 0.2) is 97.1 Å². The van der Waals surface area contributed by atoms with Gasteiger partial charge in [0.05, 0.1) is 17.2 Å². The molecule has 0 saturated carbocycles. The molecule has 3 N–H and O–H groups in total. The van der Waals surface area contributed by atoms with Crippen LogP contribution in [0.4, 0.5) is 21.9 Å². The third kappa shape index (κ3) is 6.43. The first-order valence-corrected chi connectivity index (χ1v) is 12.9. The zero-order valence-electron chi connectivity index (χ0n) is 21.5. The first-order chi connectivity index (χ1) is 19.1. The Morgan fingerprint density at radius 3 is 2.36 bits per heavy atom. The number of nitrogens with zero attached hydrogens (tertiary/aromatic N) is 2. The summed E-state index contributed by atoms with van der Waals surface area (Å²) in [6, 6.07) is 32.1. The maximum atomic E-state index is 13.4. The highest BCUT2D eigenvalue weighted by molar-refractivity contribution is 6.04. The Morgan fingerprint density at radius 2 is 1.56 bits per heavy atom. The maximum Gasteiger partial charge on any atom is 0.323 e. The average molecular weight is 516 g/mol. The molecule has 1 aliphatic rings. The van der Waals surface area contributed by atoms with E-state index in [2.05, 4.69) is 45.1 Å². The lowest BCUT2D eigenvalue weighted by Crippen LogP contribution is -2.33. The number of nitrogens with one attached hydrogen (secondary N) is 3. The molecule has 0 aromatic heterocycles. The number of carbonyl (C=O) groups is 2. The smallest absolute Gasteiger partial charge is 0.323 e. The van der Waals surface area contributed by atoms with E-state index in [4.69, 9.17) is 5.26 Å². The molecule has 0 atom stereocenters. The lowest BCUT2D eigenvalue weighted by atomic mass is 9.98. The SMILES string of the molecule is N#Cc1cccc(NC(=O)Nc2ccc(N3CCc4ccccc4C3)c(C(=O)NCCc3ccccc3)c2)c1. The van der Waals surface area contributed by atoms with Gasteiger partial charge in [-0.15, -0.1) is 0 Å². The Balaban J connectivity index is 1.35. The molecule has 0 fully saturated rings. The summed E-state index contributed by atoms with van der Waals surface area (Å²) in [4.78, 5) is 28.4. The van der Waals surface area contributed by atoms with Crippen LogP contribution in [0, 0.1) is 11.3 Å². The third-order valence-corrected chi connectivity index (χ3v) is 6.76. The van der Waals surface area contributed by atoms with Gasteiger partial charge < -0.3 is 20.9 Å². The number of fused-ring (bicyclic) bond motifs is 1. The van der Waals surface area contributed by atoms with Gasteiger partial charge >= 0.3 is 6.03 Å². The molecular formula is C32H29N5O2. The molecule has 3 amide bonds. The monoisotopic (exact) mass is 515 g/mol.